The predicted octanol–water partition coefficient (Wildman–Crippen LogP) is 2.03. The third-order valence-electron chi connectivity index (χ3n) is 4.22. The molecule has 1 aromatic heterocycles. The van der Waals surface area contributed by atoms with Crippen LogP contribution in [-0.4, -0.2) is 38.1 Å². The number of nitrogens with one attached hydrogen (secondary N) is 2. The molecule has 0 unspecified atom stereocenters. The fourth-order valence-corrected chi connectivity index (χ4v) is 2.88. The molecule has 8 nitrogen and oxygen atoms in total. The van der Waals surface area contributed by atoms with Crippen LogP contribution in [0.4, 0.5) is 10.5 Å². The Balaban J connectivity index is 1.49. The van der Waals surface area contributed by atoms with Crippen molar-refractivity contribution in [3.05, 3.63) is 36.7 Å². The first-order chi connectivity index (χ1) is 11.6. The van der Waals surface area contributed by atoms with E-state index in [9.17, 15) is 9.59 Å². The van der Waals surface area contributed by atoms with Gasteiger partial charge in [0.2, 0.25) is 0 Å². The largest absolute Gasteiger partial charge is 0.481 e. The first kappa shape index (κ1) is 16.0. The minimum absolute atomic E-state index is 0.0232. The van der Waals surface area contributed by atoms with Crippen LogP contribution in [0.3, 0.4) is 0 Å². The summed E-state index contributed by atoms with van der Waals surface area (Å²) >= 11 is 0. The number of carbonyl (C=O) groups excluding carboxylic acids is 1. The zero-order valence-corrected chi connectivity index (χ0v) is 13.1. The molecule has 1 fully saturated rings. The van der Waals surface area contributed by atoms with Gasteiger partial charge in [0.05, 0.1) is 24.0 Å². The summed E-state index contributed by atoms with van der Waals surface area (Å²) in [5.74, 6) is -1.03. The van der Waals surface area contributed by atoms with Gasteiger partial charge in [0.25, 0.3) is 0 Å². The highest BCUT2D eigenvalue weighted by Crippen LogP contribution is 2.24. The lowest BCUT2D eigenvalue weighted by Crippen LogP contribution is -2.40. The van der Waals surface area contributed by atoms with Gasteiger partial charge in [0.15, 0.2) is 0 Å². The summed E-state index contributed by atoms with van der Waals surface area (Å²) in [5, 5.41) is 22.3. The highest BCUT2D eigenvalue weighted by atomic mass is 16.4. The maximum atomic E-state index is 12.0. The molecule has 126 valence electrons. The minimum atomic E-state index is -0.745. The van der Waals surface area contributed by atoms with Crippen molar-refractivity contribution in [1.82, 2.24) is 20.3 Å². The van der Waals surface area contributed by atoms with E-state index < -0.39 is 5.97 Å². The fraction of sp³-hybridized carbons (Fsp3) is 0.375. The Hall–Kier alpha value is -2.90. The second-order valence-corrected chi connectivity index (χ2v) is 5.88. The summed E-state index contributed by atoms with van der Waals surface area (Å²) in [5.41, 5.74) is 1.53. The van der Waals surface area contributed by atoms with E-state index in [1.54, 1.807) is 29.2 Å². The van der Waals surface area contributed by atoms with Gasteiger partial charge in [-0.2, -0.15) is 0 Å². The van der Waals surface area contributed by atoms with Gasteiger partial charge in [0.1, 0.15) is 0 Å². The summed E-state index contributed by atoms with van der Waals surface area (Å²) in [7, 11) is 0. The maximum Gasteiger partial charge on any atom is 0.319 e. The Labute approximate surface area is 138 Å². The zero-order valence-electron chi connectivity index (χ0n) is 13.1. The van der Waals surface area contributed by atoms with Gasteiger partial charge in [-0.15, -0.1) is 5.10 Å². The summed E-state index contributed by atoms with van der Waals surface area (Å²) < 4.78 is 1.63. The Morgan fingerprint density at radius 2 is 1.83 bits per heavy atom. The van der Waals surface area contributed by atoms with Crippen molar-refractivity contribution < 1.29 is 14.7 Å². The molecule has 3 N–H and O–H groups in total. The summed E-state index contributed by atoms with van der Waals surface area (Å²) in [6, 6.07) is 7.00. The van der Waals surface area contributed by atoms with Crippen molar-refractivity contribution in [3.63, 3.8) is 0 Å². The average molecular weight is 329 g/mol. The number of aliphatic carboxylic acids is 1. The second-order valence-electron chi connectivity index (χ2n) is 5.88. The topological polar surface area (TPSA) is 109 Å². The molecule has 1 saturated carbocycles. The van der Waals surface area contributed by atoms with Gasteiger partial charge in [-0.05, 0) is 49.9 Å². The molecule has 0 spiro atoms. The molecule has 2 amide bonds. The standard InChI is InChI=1S/C16H19N5O3/c22-15(23)11-1-3-12(4-2-11)18-16(24)19-13-5-7-14(8-6-13)21-10-9-17-20-21/h5-12H,1-4H2,(H,22,23)(H2,18,19,24). The average Bonchev–Trinajstić information content (AvgIpc) is 3.10. The molecule has 1 aromatic carbocycles. The van der Waals surface area contributed by atoms with Crippen molar-refractivity contribution in [3.8, 4) is 5.69 Å². The van der Waals surface area contributed by atoms with E-state index in [4.69, 9.17) is 5.11 Å². The van der Waals surface area contributed by atoms with E-state index in [2.05, 4.69) is 20.9 Å². The van der Waals surface area contributed by atoms with E-state index in [1.807, 2.05) is 12.1 Å². The van der Waals surface area contributed by atoms with E-state index in [0.717, 1.165) is 5.69 Å². The van der Waals surface area contributed by atoms with E-state index in [-0.39, 0.29) is 18.0 Å². The fourth-order valence-electron chi connectivity index (χ4n) is 2.88. The molecule has 0 bridgehead atoms. The van der Waals surface area contributed by atoms with Crippen LogP contribution in [0.5, 0.6) is 0 Å². The number of carbonyl (C=O) groups is 2. The van der Waals surface area contributed by atoms with Gasteiger partial charge in [-0.3, -0.25) is 4.79 Å². The lowest BCUT2D eigenvalue weighted by atomic mass is 9.86. The molecule has 1 aliphatic carbocycles. The molecule has 24 heavy (non-hydrogen) atoms. The molecule has 1 aliphatic rings. The van der Waals surface area contributed by atoms with Gasteiger partial charge in [-0.25, -0.2) is 9.48 Å². The number of benzene rings is 1. The summed E-state index contributed by atoms with van der Waals surface area (Å²) in [4.78, 5) is 23.0. The van der Waals surface area contributed by atoms with Gasteiger partial charge in [0, 0.05) is 11.7 Å². The molecule has 2 aromatic rings. The first-order valence-electron chi connectivity index (χ1n) is 7.89. The SMILES string of the molecule is O=C(Nc1ccc(-n2ccnn2)cc1)NC1CCC(C(=O)O)CC1. The smallest absolute Gasteiger partial charge is 0.319 e. The molecule has 0 atom stereocenters. The Kier molecular flexibility index (Phi) is 4.74. The number of carboxylic acid groups (broad SMARTS) is 1. The molecule has 0 saturated heterocycles. The van der Waals surface area contributed by atoms with E-state index in [0.29, 0.717) is 31.4 Å². The number of nitrogens with zero attached hydrogens (tertiary/aromatic N) is 3. The molecule has 8 heteroatoms. The monoisotopic (exact) mass is 329 g/mol. The highest BCUT2D eigenvalue weighted by molar-refractivity contribution is 5.89. The number of carboxylic acids is 1. The quantitative estimate of drug-likeness (QED) is 0.795. The van der Waals surface area contributed by atoms with Crippen molar-refractivity contribution in [2.24, 2.45) is 5.92 Å². The summed E-state index contributed by atoms with van der Waals surface area (Å²) in [6.07, 6.45) is 5.92. The van der Waals surface area contributed by atoms with Crippen molar-refractivity contribution in [2.75, 3.05) is 5.32 Å². The van der Waals surface area contributed by atoms with Crippen LogP contribution in [0.1, 0.15) is 25.7 Å². The number of amides is 2. The number of anilines is 1. The van der Waals surface area contributed by atoms with Gasteiger partial charge in [-0.1, -0.05) is 5.21 Å². The molecular weight excluding hydrogens is 310 g/mol. The van der Waals surface area contributed by atoms with Crippen LogP contribution in [0.15, 0.2) is 36.7 Å². The lowest BCUT2D eigenvalue weighted by Gasteiger charge is -2.26. The lowest BCUT2D eigenvalue weighted by molar-refractivity contribution is -0.142. The molecule has 0 aliphatic heterocycles. The van der Waals surface area contributed by atoms with Crippen molar-refractivity contribution >= 4 is 17.7 Å². The van der Waals surface area contributed by atoms with Crippen LogP contribution < -0.4 is 10.6 Å². The van der Waals surface area contributed by atoms with Crippen molar-refractivity contribution in [2.45, 2.75) is 31.7 Å². The number of rotatable bonds is 4. The Morgan fingerprint density at radius 3 is 2.42 bits per heavy atom. The van der Waals surface area contributed by atoms with Crippen LogP contribution in [0, 0.1) is 5.92 Å². The Bertz CT molecular complexity index is 691. The maximum absolute atomic E-state index is 12.0. The highest BCUT2D eigenvalue weighted by Gasteiger charge is 2.26. The Morgan fingerprint density at radius 1 is 1.12 bits per heavy atom. The number of urea groups is 1. The van der Waals surface area contributed by atoms with Gasteiger partial charge < -0.3 is 15.7 Å². The molecule has 0 radical (unpaired) electrons. The number of hydrogen-bond acceptors (Lipinski definition) is 4. The third kappa shape index (κ3) is 3.89. The third-order valence-corrected chi connectivity index (χ3v) is 4.22. The van der Waals surface area contributed by atoms with Crippen LogP contribution in [0.25, 0.3) is 5.69 Å². The number of aromatic nitrogens is 3. The van der Waals surface area contributed by atoms with Crippen LogP contribution in [0.2, 0.25) is 0 Å². The minimum Gasteiger partial charge on any atom is -0.481 e. The van der Waals surface area contributed by atoms with Gasteiger partial charge >= 0.3 is 12.0 Å². The molecular formula is C16H19N5O3. The summed E-state index contributed by atoms with van der Waals surface area (Å²) in [6.45, 7) is 0. The second kappa shape index (κ2) is 7.12. The zero-order chi connectivity index (χ0) is 16.9. The van der Waals surface area contributed by atoms with Crippen LogP contribution >= 0.6 is 0 Å². The molecule has 1 heterocycles. The predicted molar refractivity (Wildman–Crippen MR) is 86.9 cm³/mol. The van der Waals surface area contributed by atoms with Crippen LogP contribution in [-0.2, 0) is 4.79 Å². The molecule has 3 rings (SSSR count). The van der Waals surface area contributed by atoms with Crippen molar-refractivity contribution in [1.29, 1.82) is 0 Å². The van der Waals surface area contributed by atoms with E-state index in [1.165, 1.54) is 0 Å². The first-order valence-corrected chi connectivity index (χ1v) is 7.89. The van der Waals surface area contributed by atoms with E-state index >= 15 is 0 Å². The number of hydrogen-bond donors (Lipinski definition) is 3. The normalized spacial score (nSPS) is 20.3.